The smallest absolute Gasteiger partial charge is 0.371 e. The van der Waals surface area contributed by atoms with Crippen LogP contribution in [0.1, 0.15) is 58.3 Å². The van der Waals surface area contributed by atoms with E-state index >= 15 is 0 Å². The van der Waals surface area contributed by atoms with Crippen LogP contribution < -0.4 is 0 Å². The van der Waals surface area contributed by atoms with Gasteiger partial charge in [-0.3, -0.25) is 4.79 Å². The Morgan fingerprint density at radius 3 is 1.85 bits per heavy atom. The van der Waals surface area contributed by atoms with E-state index < -0.39 is 48.6 Å². The molecule has 4 rings (SSSR count). The minimum atomic E-state index is -5.44. The largest absolute Gasteiger partial charge is 0.465 e. The molecule has 4 aliphatic carbocycles. The predicted octanol–water partition coefficient (Wildman–Crippen LogP) is 5.45. The number of hydrogen-bond acceptors (Lipinski definition) is 2. The topological polar surface area (TPSA) is 26.3 Å². The van der Waals surface area contributed by atoms with Crippen LogP contribution in [0.25, 0.3) is 0 Å². The fourth-order valence-electron chi connectivity index (χ4n) is 5.45. The van der Waals surface area contributed by atoms with Gasteiger partial charge in [-0.25, -0.2) is 0 Å². The van der Waals surface area contributed by atoms with Gasteiger partial charge < -0.3 is 4.74 Å². The summed E-state index contributed by atoms with van der Waals surface area (Å²) >= 11 is 0. The summed E-state index contributed by atoms with van der Waals surface area (Å²) in [5.41, 5.74) is -0.558. The van der Waals surface area contributed by atoms with Gasteiger partial charge >= 0.3 is 23.7 Å². The molecule has 0 unspecified atom stereocenters. The number of carbonyl (C=O) groups is 1. The first kappa shape index (κ1) is 19.8. The van der Waals surface area contributed by atoms with Crippen LogP contribution in [-0.4, -0.2) is 30.3 Å². The van der Waals surface area contributed by atoms with Gasteiger partial charge in [0.1, 0.15) is 0 Å². The number of carbonyl (C=O) groups excluding carboxylic acids is 1. The normalized spacial score (nSPS) is 34.2. The van der Waals surface area contributed by atoms with Gasteiger partial charge in [-0.2, -0.15) is 26.3 Å². The minimum absolute atomic E-state index is 0.228. The van der Waals surface area contributed by atoms with Crippen molar-refractivity contribution in [1.82, 2.24) is 0 Å². The third kappa shape index (κ3) is 3.33. The second-order valence-electron chi connectivity index (χ2n) is 8.60. The summed E-state index contributed by atoms with van der Waals surface area (Å²) in [4.78, 5) is 12.5. The minimum Gasteiger partial charge on any atom is -0.465 e. The van der Waals surface area contributed by atoms with Crippen LogP contribution in [0.3, 0.4) is 0 Å². The second kappa shape index (κ2) is 6.30. The van der Waals surface area contributed by atoms with Gasteiger partial charge in [0, 0.05) is 13.3 Å². The van der Waals surface area contributed by atoms with Gasteiger partial charge in [0.2, 0.25) is 0 Å². The van der Waals surface area contributed by atoms with Crippen LogP contribution in [-0.2, 0) is 9.53 Å². The third-order valence-electron chi connectivity index (χ3n) is 6.35. The molecule has 26 heavy (non-hydrogen) atoms. The zero-order valence-electron chi connectivity index (χ0n) is 14.7. The van der Waals surface area contributed by atoms with Crippen LogP contribution in [0.15, 0.2) is 0 Å². The summed E-state index contributed by atoms with van der Waals surface area (Å²) in [5.74, 6) is -14.1. The van der Waals surface area contributed by atoms with E-state index in [4.69, 9.17) is 4.74 Å². The highest BCUT2D eigenvalue weighted by atomic mass is 19.3. The summed E-state index contributed by atoms with van der Waals surface area (Å²) in [5, 5.41) is 0. The molecule has 4 fully saturated rings. The van der Waals surface area contributed by atoms with E-state index in [-0.39, 0.29) is 6.92 Å². The van der Waals surface area contributed by atoms with Gasteiger partial charge in [-0.1, -0.05) is 0 Å². The summed E-state index contributed by atoms with van der Waals surface area (Å²) in [6, 6.07) is 0. The van der Waals surface area contributed by atoms with Gasteiger partial charge in [0.25, 0.3) is 0 Å². The Morgan fingerprint density at radius 2 is 1.42 bits per heavy atom. The van der Waals surface area contributed by atoms with E-state index in [0.29, 0.717) is 17.8 Å². The Labute approximate surface area is 148 Å². The lowest BCUT2D eigenvalue weighted by molar-refractivity contribution is -0.304. The van der Waals surface area contributed by atoms with E-state index in [9.17, 15) is 31.1 Å². The molecule has 0 atom stereocenters. The zero-order valence-corrected chi connectivity index (χ0v) is 14.7. The SMILES string of the molecule is CC(F)(F)C(F)(F)C(F)(F)CCCOC(=O)C12CC3CC(CC(C3)C1)C2. The average Bonchev–Trinajstić information content (AvgIpc) is 2.48. The molecule has 0 aliphatic heterocycles. The van der Waals surface area contributed by atoms with Crippen molar-refractivity contribution >= 4 is 5.97 Å². The molecular weight excluding hydrogens is 362 g/mol. The Morgan fingerprint density at radius 1 is 0.962 bits per heavy atom. The summed E-state index contributed by atoms with van der Waals surface area (Å²) in [7, 11) is 0. The summed E-state index contributed by atoms with van der Waals surface area (Å²) < 4.78 is 83.9. The van der Waals surface area contributed by atoms with E-state index in [0.717, 1.165) is 38.5 Å². The fourth-order valence-corrected chi connectivity index (χ4v) is 5.45. The van der Waals surface area contributed by atoms with Crippen molar-refractivity contribution in [2.75, 3.05) is 6.61 Å². The summed E-state index contributed by atoms with van der Waals surface area (Å²) in [6.07, 6.45) is 3.56. The monoisotopic (exact) mass is 386 g/mol. The maximum Gasteiger partial charge on any atom is 0.371 e. The molecule has 0 aromatic rings. The summed E-state index contributed by atoms with van der Waals surface area (Å²) in [6.45, 7) is -0.685. The molecule has 2 nitrogen and oxygen atoms in total. The highest BCUT2D eigenvalue weighted by Crippen LogP contribution is 2.60. The van der Waals surface area contributed by atoms with E-state index in [1.807, 2.05) is 0 Å². The van der Waals surface area contributed by atoms with Gasteiger partial charge in [-0.15, -0.1) is 0 Å². The molecule has 0 N–H and O–H groups in total. The number of esters is 1. The quantitative estimate of drug-likeness (QED) is 0.330. The average molecular weight is 386 g/mol. The van der Waals surface area contributed by atoms with Crippen molar-refractivity contribution in [3.05, 3.63) is 0 Å². The molecule has 4 aliphatic rings. The van der Waals surface area contributed by atoms with Crippen molar-refractivity contribution in [3.8, 4) is 0 Å². The first-order valence-corrected chi connectivity index (χ1v) is 9.17. The molecule has 0 aromatic carbocycles. The van der Waals surface area contributed by atoms with Crippen molar-refractivity contribution in [2.45, 2.75) is 76.1 Å². The van der Waals surface area contributed by atoms with Crippen LogP contribution in [0, 0.1) is 23.2 Å². The van der Waals surface area contributed by atoms with E-state index in [2.05, 4.69) is 0 Å². The molecule has 0 spiro atoms. The molecule has 150 valence electrons. The molecule has 0 aromatic heterocycles. The Balaban J connectivity index is 1.50. The maximum absolute atomic E-state index is 13.5. The molecule has 4 bridgehead atoms. The molecule has 0 radical (unpaired) electrons. The molecule has 0 heterocycles. The molecule has 0 amide bonds. The van der Waals surface area contributed by atoms with E-state index in [1.165, 1.54) is 0 Å². The lowest BCUT2D eigenvalue weighted by Gasteiger charge is -2.55. The van der Waals surface area contributed by atoms with Crippen LogP contribution in [0.5, 0.6) is 0 Å². The van der Waals surface area contributed by atoms with Crippen LogP contribution in [0.4, 0.5) is 26.3 Å². The van der Waals surface area contributed by atoms with Crippen LogP contribution in [0.2, 0.25) is 0 Å². The highest BCUT2D eigenvalue weighted by molar-refractivity contribution is 5.77. The second-order valence-corrected chi connectivity index (χ2v) is 8.60. The van der Waals surface area contributed by atoms with Crippen molar-refractivity contribution in [3.63, 3.8) is 0 Å². The van der Waals surface area contributed by atoms with E-state index in [1.54, 1.807) is 0 Å². The number of rotatable bonds is 7. The Bertz CT molecular complexity index is 519. The molecule has 8 heteroatoms. The van der Waals surface area contributed by atoms with Crippen molar-refractivity contribution in [2.24, 2.45) is 23.2 Å². The first-order chi connectivity index (χ1) is 11.9. The number of alkyl halides is 6. The lowest BCUT2D eigenvalue weighted by Crippen LogP contribution is -2.52. The van der Waals surface area contributed by atoms with Crippen LogP contribution >= 0.6 is 0 Å². The van der Waals surface area contributed by atoms with Gasteiger partial charge in [0.15, 0.2) is 0 Å². The Hall–Kier alpha value is -0.950. The van der Waals surface area contributed by atoms with Gasteiger partial charge in [-0.05, 0) is 62.7 Å². The number of ether oxygens (including phenoxy) is 1. The van der Waals surface area contributed by atoms with Crippen molar-refractivity contribution in [1.29, 1.82) is 0 Å². The van der Waals surface area contributed by atoms with Gasteiger partial charge in [0.05, 0.1) is 12.0 Å². The zero-order chi connectivity index (χ0) is 19.4. The molecule has 0 saturated heterocycles. The first-order valence-electron chi connectivity index (χ1n) is 9.17. The van der Waals surface area contributed by atoms with Crippen molar-refractivity contribution < 1.29 is 35.9 Å². The third-order valence-corrected chi connectivity index (χ3v) is 6.35. The fraction of sp³-hybridized carbons (Fsp3) is 0.944. The highest BCUT2D eigenvalue weighted by Gasteiger charge is 2.68. The molecule has 4 saturated carbocycles. The Kier molecular flexibility index (Phi) is 4.80. The number of halogens is 6. The maximum atomic E-state index is 13.5. The predicted molar refractivity (Wildman–Crippen MR) is 81.3 cm³/mol. The molecular formula is C18H24F6O2. The standard InChI is InChI=1S/C18H24F6O2/c1-15(19,20)18(23,24)17(21,22)3-2-4-26-14(25)16-8-11-5-12(9-16)7-13(6-11)10-16/h11-13H,2-10H2,1H3. The number of hydrogen-bond donors (Lipinski definition) is 0. The lowest BCUT2D eigenvalue weighted by atomic mass is 9.49.